The van der Waals surface area contributed by atoms with Crippen LogP contribution in [-0.4, -0.2) is 73.3 Å². The molecule has 0 bridgehead atoms. The largest absolute Gasteiger partial charge is 0.319 e. The van der Waals surface area contributed by atoms with Gasteiger partial charge < -0.3 is 18.3 Å². The lowest BCUT2D eigenvalue weighted by atomic mass is 9.91. The molecule has 0 atom stereocenters. The molecule has 0 spiro atoms. The quantitative estimate of drug-likeness (QED) is 0.0713. The van der Waals surface area contributed by atoms with Gasteiger partial charge in [0.15, 0.2) is 0 Å². The Balaban J connectivity index is 0.000000106. The summed E-state index contributed by atoms with van der Waals surface area (Å²) in [5.74, 6) is 0. The van der Waals surface area contributed by atoms with Crippen LogP contribution < -0.4 is 21.2 Å². The summed E-state index contributed by atoms with van der Waals surface area (Å²) in [6.07, 6.45) is 0. The number of nitrogens with zero attached hydrogens (tertiary/aromatic N) is 4. The maximum Gasteiger partial charge on any atom is 0.109 e. The van der Waals surface area contributed by atoms with Gasteiger partial charge in [-0.1, -0.05) is 406 Å². The van der Waals surface area contributed by atoms with Crippen LogP contribution in [0.3, 0.4) is 0 Å². The summed E-state index contributed by atoms with van der Waals surface area (Å²) in [7, 11) is -9.19. The van der Waals surface area contributed by atoms with E-state index in [1.807, 2.05) is 114 Å². The lowest BCUT2D eigenvalue weighted by Gasteiger charge is -2.16. The standard InChI is InChI=1S/C35H26NOP.2C31H24NOP.C29H22NOP/c1-38(2,37)28-18-14-23(15-19-28)26-10-7-11-27(22-26)33-31-20-16-24-8-3-5-12-29(24)34(31)36-35-30-13-6-4-9-25(30)17-21-32(33)35;1-34(2,33)25-17-14-21(15-18-25)23-9-7-10-24(20-23)30-27-12-5-6-13-29(27)32-31-26-11-4-3-8-22(26)16-19-28(30)31;1-34(2,33)25-18-15-22(16-19-25)21-11-13-24(14-12-21)30-27-9-5-6-10-29(27)32-31-26-8-4-3-7-23(26)17-20-28(30)31;1-32(2,31)22-11-7-10-21(18-22)27-25-16-14-19-8-3-5-12-23(19)28(25)30-29-24-13-6-4-9-20(24)15-17-26(27)29/h3-22H,1-2H3;2*3-20H,1-2H3;3-18H,1-2H3. The van der Waals surface area contributed by atoms with Gasteiger partial charge in [-0.05, 0) is 172 Å². The Kier molecular flexibility index (Phi) is 22.8. The predicted octanol–water partition coefficient (Wildman–Crippen LogP) is 33.1. The Labute approximate surface area is 802 Å². The van der Waals surface area contributed by atoms with Crippen molar-refractivity contribution in [2.75, 3.05) is 53.3 Å². The lowest BCUT2D eigenvalue weighted by Crippen LogP contribution is -2.03. The molecule has 0 saturated carbocycles. The number of aromatic nitrogens is 4. The molecule has 138 heavy (non-hydrogen) atoms. The van der Waals surface area contributed by atoms with Crippen LogP contribution in [-0.2, 0) is 18.3 Å². The number of hydrogen-bond donors (Lipinski definition) is 0. The Hall–Kier alpha value is -15.2. The van der Waals surface area contributed by atoms with Crippen LogP contribution in [0.2, 0.25) is 0 Å². The minimum absolute atomic E-state index is 0.898. The number of hydrogen-bond acceptors (Lipinski definition) is 8. The molecule has 4 aromatic heterocycles. The monoisotopic (exact) mass is 1850 g/mol. The second-order valence-corrected chi connectivity index (χ2v) is 50.3. The molecule has 0 unspecified atom stereocenters. The molecule has 664 valence electrons. The van der Waals surface area contributed by atoms with Crippen LogP contribution in [0.4, 0.5) is 0 Å². The highest BCUT2D eigenvalue weighted by Crippen LogP contribution is 2.48. The van der Waals surface area contributed by atoms with E-state index >= 15 is 0 Å². The normalized spacial score (nSPS) is 12.0. The first kappa shape index (κ1) is 88.1. The first-order chi connectivity index (χ1) is 66.9. The molecule has 8 nitrogen and oxygen atoms in total. The molecule has 0 radical (unpaired) electrons. The van der Waals surface area contributed by atoms with Gasteiger partial charge in [-0.2, -0.15) is 0 Å². The molecule has 0 amide bonds. The van der Waals surface area contributed by atoms with E-state index in [-0.39, 0.29) is 0 Å². The highest BCUT2D eigenvalue weighted by atomic mass is 31.2. The Morgan fingerprint density at radius 1 is 0.145 bits per heavy atom. The Morgan fingerprint density at radius 2 is 0.355 bits per heavy atom. The topological polar surface area (TPSA) is 120 Å². The maximum atomic E-state index is 12.9. The summed E-state index contributed by atoms with van der Waals surface area (Å²) in [4.78, 5) is 20.7. The van der Waals surface area contributed by atoms with E-state index in [1.54, 1.807) is 0 Å². The molecule has 0 aliphatic rings. The van der Waals surface area contributed by atoms with Crippen molar-refractivity contribution in [1.29, 1.82) is 0 Å². The SMILES string of the molecule is CP(C)(=O)c1ccc(-c2ccc(-c3c4ccccc4nc4c3ccc3ccccc34)cc2)cc1.CP(C)(=O)c1ccc(-c2cccc(-c3c4ccc5ccccc5c4nc4c3ccc3ccccc34)c2)cc1.CP(C)(=O)c1ccc(-c2cccc(-c3c4ccccc4nc4c3ccc3ccccc34)c2)cc1.CP(C)(=O)c1cccc(-c2c3ccc4ccccc4c3nc3c2ccc2ccccc23)c1. The van der Waals surface area contributed by atoms with E-state index in [0.717, 1.165) is 186 Å². The maximum absolute atomic E-state index is 12.9. The average molecular weight is 1850 g/mol. The van der Waals surface area contributed by atoms with Crippen molar-refractivity contribution in [3.8, 4) is 77.9 Å². The predicted molar refractivity (Wildman–Crippen MR) is 596 cm³/mol. The van der Waals surface area contributed by atoms with Gasteiger partial charge in [-0.15, -0.1) is 0 Å². The first-order valence-corrected chi connectivity index (χ1v) is 57.0. The molecule has 0 N–H and O–H groups in total. The Bertz CT molecular complexity index is 9260. The van der Waals surface area contributed by atoms with Gasteiger partial charge in [0.05, 0.1) is 44.1 Å². The third-order valence-electron chi connectivity index (χ3n) is 27.0. The van der Waals surface area contributed by atoms with Gasteiger partial charge >= 0.3 is 0 Å². The smallest absolute Gasteiger partial charge is 0.109 e. The zero-order valence-electron chi connectivity index (χ0n) is 77.8. The fourth-order valence-electron chi connectivity index (χ4n) is 19.9. The van der Waals surface area contributed by atoms with Crippen molar-refractivity contribution in [3.63, 3.8) is 0 Å². The van der Waals surface area contributed by atoms with E-state index in [1.165, 1.54) is 65.3 Å². The van der Waals surface area contributed by atoms with E-state index in [9.17, 15) is 18.3 Å². The summed E-state index contributed by atoms with van der Waals surface area (Å²) < 4.78 is 50.2. The van der Waals surface area contributed by atoms with Gasteiger partial charge in [-0.25, -0.2) is 19.9 Å². The van der Waals surface area contributed by atoms with Crippen molar-refractivity contribution in [1.82, 2.24) is 19.9 Å². The van der Waals surface area contributed by atoms with Crippen molar-refractivity contribution in [2.45, 2.75) is 0 Å². The lowest BCUT2D eigenvalue weighted by molar-refractivity contribution is 0.587. The first-order valence-electron chi connectivity index (χ1n) is 46.6. The van der Waals surface area contributed by atoms with E-state index in [4.69, 9.17) is 19.9 Å². The summed E-state index contributed by atoms with van der Waals surface area (Å²) in [6.45, 7) is 14.5. The van der Waals surface area contributed by atoms with Crippen LogP contribution in [0.15, 0.2) is 437 Å². The van der Waals surface area contributed by atoms with Crippen LogP contribution in [0.25, 0.3) is 230 Å². The van der Waals surface area contributed by atoms with Gasteiger partial charge in [0.2, 0.25) is 0 Å². The van der Waals surface area contributed by atoms with Crippen molar-refractivity contribution >= 4 is 202 Å². The molecule has 25 aromatic rings. The highest BCUT2D eigenvalue weighted by molar-refractivity contribution is 7.71. The van der Waals surface area contributed by atoms with Crippen molar-refractivity contribution < 1.29 is 18.3 Å². The van der Waals surface area contributed by atoms with Crippen LogP contribution in [0.5, 0.6) is 0 Å². The molecule has 0 fully saturated rings. The van der Waals surface area contributed by atoms with Gasteiger partial charge in [0.25, 0.3) is 0 Å². The average Bonchev–Trinajstić information content (AvgIpc) is 0.730. The summed E-state index contributed by atoms with van der Waals surface area (Å²) in [6, 6.07) is 153. The fraction of sp³-hybridized carbons (Fsp3) is 0.0635. The molecule has 4 heterocycles. The van der Waals surface area contributed by atoms with Gasteiger partial charge in [-0.3, -0.25) is 0 Å². The molecule has 0 aliphatic heterocycles. The summed E-state index contributed by atoms with van der Waals surface area (Å²) in [5.41, 5.74) is 24.2. The number of rotatable bonds is 11. The van der Waals surface area contributed by atoms with Crippen molar-refractivity contribution in [3.05, 3.63) is 437 Å². The van der Waals surface area contributed by atoms with E-state index in [2.05, 4.69) is 376 Å². The number of fused-ring (bicyclic) bond motifs is 20. The fourth-order valence-corrected chi connectivity index (χ4v) is 23.4. The number of pyridine rings is 4. The number of benzene rings is 21. The minimum Gasteiger partial charge on any atom is -0.319 e. The van der Waals surface area contributed by atoms with Gasteiger partial charge in [0.1, 0.15) is 28.6 Å². The van der Waals surface area contributed by atoms with E-state index < -0.39 is 28.6 Å². The molecule has 12 heteroatoms. The molecule has 25 rings (SSSR count). The molecule has 21 aromatic carbocycles. The van der Waals surface area contributed by atoms with Crippen molar-refractivity contribution in [2.24, 2.45) is 0 Å². The molecule has 0 saturated heterocycles. The van der Waals surface area contributed by atoms with Crippen LogP contribution in [0, 0.1) is 0 Å². The highest BCUT2D eigenvalue weighted by Gasteiger charge is 2.24. The molecule has 0 aliphatic carbocycles. The zero-order chi connectivity index (χ0) is 94.3. The Morgan fingerprint density at radius 3 is 0.645 bits per heavy atom. The van der Waals surface area contributed by atoms with Gasteiger partial charge in [0, 0.05) is 119 Å². The third-order valence-corrected chi connectivity index (χ3v) is 33.1. The van der Waals surface area contributed by atoms with Crippen LogP contribution >= 0.6 is 28.6 Å². The molecular weight excluding hydrogens is 1760 g/mol. The summed E-state index contributed by atoms with van der Waals surface area (Å²) in [5, 5.41) is 26.9. The minimum atomic E-state index is -2.38. The van der Waals surface area contributed by atoms with Crippen LogP contribution in [0.1, 0.15) is 0 Å². The third kappa shape index (κ3) is 16.8. The number of para-hydroxylation sites is 2. The second kappa shape index (κ2) is 35.8. The second-order valence-electron chi connectivity index (χ2n) is 37.4. The summed E-state index contributed by atoms with van der Waals surface area (Å²) >= 11 is 0. The molecular formula is C126H96N4O4P4. The van der Waals surface area contributed by atoms with E-state index in [0.29, 0.717) is 0 Å². The zero-order valence-corrected chi connectivity index (χ0v) is 81.4.